The van der Waals surface area contributed by atoms with Gasteiger partial charge in [0, 0.05) is 0 Å². The monoisotopic (exact) mass is 869 g/mol. The summed E-state index contributed by atoms with van der Waals surface area (Å²) in [7, 11) is 4.13. The molecule has 0 amide bonds. The van der Waals surface area contributed by atoms with Gasteiger partial charge < -0.3 is 28.5 Å². The average molecular weight is 869 g/mol. The van der Waals surface area contributed by atoms with Crippen molar-refractivity contribution < 1.29 is 28.5 Å². The quantitative estimate of drug-likeness (QED) is 0.108. The van der Waals surface area contributed by atoms with Crippen molar-refractivity contribution in [3.05, 3.63) is 0 Å². The zero-order valence-electron chi connectivity index (χ0n) is 26.5. The molecule has 3 atom stereocenters. The van der Waals surface area contributed by atoms with E-state index >= 15 is 0 Å². The molecule has 0 saturated carbocycles. The Balaban J connectivity index is -0.000000205. The number of hydrogen-bond acceptors (Lipinski definition) is 3. The molecule has 0 heterocycles. The van der Waals surface area contributed by atoms with Gasteiger partial charge in [0.2, 0.25) is 0 Å². The third-order valence-electron chi connectivity index (χ3n) is 7.83. The largest absolute Gasteiger partial charge is 0.907 e. The van der Waals surface area contributed by atoms with E-state index in [0.717, 1.165) is 11.8 Å². The van der Waals surface area contributed by atoms with Crippen molar-refractivity contribution in [2.75, 3.05) is 80.0 Å². The second-order valence-electron chi connectivity index (χ2n) is 10.6. The van der Waals surface area contributed by atoms with Crippen LogP contribution >= 0.6 is 67.8 Å². The molecule has 228 valence electrons. The summed E-state index contributed by atoms with van der Waals surface area (Å²) in [4.78, 5) is 0. The molecule has 0 aromatic heterocycles. The third-order valence-corrected chi connectivity index (χ3v) is 11.7. The number of hydrogen-bond donors (Lipinski definition) is 0. The van der Waals surface area contributed by atoms with Crippen molar-refractivity contribution in [1.29, 1.82) is 0 Å². The maximum absolute atomic E-state index is 8.42. The molecule has 0 aliphatic heterocycles. The minimum Gasteiger partial charge on any atom is -0.907 e. The lowest BCUT2D eigenvalue weighted by Gasteiger charge is -2.35. The van der Waals surface area contributed by atoms with E-state index in [-0.39, 0.29) is 0 Å². The van der Waals surface area contributed by atoms with Crippen LogP contribution in [0.1, 0.15) is 81.6 Å². The molecule has 37 heavy (non-hydrogen) atoms. The Hall–Kier alpha value is 2.01. The van der Waals surface area contributed by atoms with Crippen LogP contribution in [0.25, 0.3) is 0 Å². The molecule has 6 nitrogen and oxygen atoms in total. The fourth-order valence-electron chi connectivity index (χ4n) is 3.27. The first-order valence-electron chi connectivity index (χ1n) is 14.4. The van der Waals surface area contributed by atoms with Crippen molar-refractivity contribution in [1.82, 2.24) is 0 Å². The predicted octanol–water partition coefficient (Wildman–Crippen LogP) is 4.11. The third kappa shape index (κ3) is 29.3. The molecule has 0 fully saturated rings. The van der Waals surface area contributed by atoms with E-state index in [4.69, 9.17) is 15.1 Å². The van der Waals surface area contributed by atoms with Crippen LogP contribution in [-0.4, -0.2) is 113 Å². The smallest absolute Gasteiger partial charge is 0.0903 e. The summed E-state index contributed by atoms with van der Waals surface area (Å²) in [5.74, 6) is 0. The molecule has 0 N–H and O–H groups in total. The lowest BCUT2D eigenvalue weighted by atomic mass is 10.3. The first-order valence-corrected chi connectivity index (χ1v) is 18.1. The standard InChI is InChI=1S/3C9H21IN.BO3/c3*1-5-9(10)8-11(4,6-2)7-3;2-1(3)4/h3*9H,5-8H2,1-4H3;/q3*+1;-3. The van der Waals surface area contributed by atoms with E-state index < -0.39 is 7.32 Å². The Morgan fingerprint density at radius 1 is 0.459 bits per heavy atom. The molecule has 0 rings (SSSR count). The van der Waals surface area contributed by atoms with Crippen LogP contribution in [0.15, 0.2) is 0 Å². The van der Waals surface area contributed by atoms with Gasteiger partial charge in [-0.15, -0.1) is 0 Å². The van der Waals surface area contributed by atoms with Crippen molar-refractivity contribution in [2.45, 2.75) is 93.4 Å². The van der Waals surface area contributed by atoms with Gasteiger partial charge in [-0.1, -0.05) is 88.5 Å². The lowest BCUT2D eigenvalue weighted by molar-refractivity contribution is -0.905. The molecule has 0 aromatic carbocycles. The summed E-state index contributed by atoms with van der Waals surface area (Å²) in [5.41, 5.74) is 0. The Labute approximate surface area is 274 Å². The number of alkyl halides is 3. The maximum atomic E-state index is 8.42. The fraction of sp³-hybridized carbons (Fsp3) is 1.00. The molecule has 10 heteroatoms. The predicted molar refractivity (Wildman–Crippen MR) is 186 cm³/mol. The highest BCUT2D eigenvalue weighted by atomic mass is 127. The number of nitrogens with zero attached hydrogens (tertiary/aromatic N) is 3. The summed E-state index contributed by atoms with van der Waals surface area (Å²) in [6.45, 7) is 32.0. The second-order valence-corrected chi connectivity index (χ2v) is 15.9. The Kier molecular flexibility index (Phi) is 33.4. The van der Waals surface area contributed by atoms with E-state index in [1.165, 1.54) is 91.6 Å². The zero-order chi connectivity index (χ0) is 30.3. The minimum atomic E-state index is -2.92. The van der Waals surface area contributed by atoms with Crippen molar-refractivity contribution in [3.8, 4) is 0 Å². The van der Waals surface area contributed by atoms with Crippen molar-refractivity contribution >= 4 is 75.1 Å². The van der Waals surface area contributed by atoms with Crippen LogP contribution in [0.2, 0.25) is 0 Å². The number of rotatable bonds is 15. The number of halogens is 3. The highest BCUT2D eigenvalue weighted by Gasteiger charge is 2.21. The SMILES string of the molecule is CCC(I)C[N+](C)(CC)CC.CCC(I)C[N+](C)(CC)CC.CCC(I)C[N+](C)(CC)CC.[O-]B([O-])[O-]. The molecular weight excluding hydrogens is 806 g/mol. The fourth-order valence-corrected chi connectivity index (χ4v) is 6.12. The molecule has 0 radical (unpaired) electrons. The molecule has 0 bridgehead atoms. The van der Waals surface area contributed by atoms with Crippen LogP contribution in [-0.2, 0) is 0 Å². The molecule has 0 aliphatic rings. The number of quaternary nitrogens is 3. The van der Waals surface area contributed by atoms with Gasteiger partial charge in [-0.3, -0.25) is 7.32 Å². The highest BCUT2D eigenvalue weighted by molar-refractivity contribution is 14.1. The second kappa shape index (κ2) is 26.9. The Bertz CT molecular complexity index is 418. The summed E-state index contributed by atoms with van der Waals surface area (Å²) >= 11 is 7.69. The van der Waals surface area contributed by atoms with Gasteiger partial charge in [-0.25, -0.2) is 0 Å². The van der Waals surface area contributed by atoms with Gasteiger partial charge in [0.05, 0.1) is 91.8 Å². The zero-order valence-corrected chi connectivity index (χ0v) is 33.0. The van der Waals surface area contributed by atoms with E-state index in [9.17, 15) is 0 Å². The maximum Gasteiger partial charge on any atom is 0.0903 e. The van der Waals surface area contributed by atoms with Gasteiger partial charge in [-0.2, -0.15) is 0 Å². The first kappa shape index (κ1) is 46.0. The van der Waals surface area contributed by atoms with E-state index in [1.54, 1.807) is 0 Å². The van der Waals surface area contributed by atoms with Crippen LogP contribution in [0.5, 0.6) is 0 Å². The first-order chi connectivity index (χ1) is 17.0. The van der Waals surface area contributed by atoms with Gasteiger partial charge >= 0.3 is 0 Å². The summed E-state index contributed by atoms with van der Waals surface area (Å²) in [6, 6.07) is 0. The summed E-state index contributed by atoms with van der Waals surface area (Å²) in [6.07, 6.45) is 3.90. The van der Waals surface area contributed by atoms with Gasteiger partial charge in [0.25, 0.3) is 0 Å². The molecule has 0 spiro atoms. The van der Waals surface area contributed by atoms with Gasteiger partial charge in [0.15, 0.2) is 0 Å². The van der Waals surface area contributed by atoms with Gasteiger partial charge in [0.1, 0.15) is 0 Å². The normalized spacial score (nSPS) is 14.1. The molecule has 3 unspecified atom stereocenters. The van der Waals surface area contributed by atoms with Crippen LogP contribution < -0.4 is 15.1 Å². The highest BCUT2D eigenvalue weighted by Crippen LogP contribution is 2.14. The van der Waals surface area contributed by atoms with E-state index in [1.807, 2.05) is 0 Å². The Morgan fingerprint density at radius 2 is 0.595 bits per heavy atom. The molecular formula is C27H63BI3N3O3. The van der Waals surface area contributed by atoms with Crippen molar-refractivity contribution in [2.24, 2.45) is 0 Å². The lowest BCUT2D eigenvalue weighted by Crippen LogP contribution is -2.56. The minimum absolute atomic E-state index is 0.845. The van der Waals surface area contributed by atoms with Crippen molar-refractivity contribution in [3.63, 3.8) is 0 Å². The topological polar surface area (TPSA) is 69.2 Å². The van der Waals surface area contributed by atoms with Crippen LogP contribution in [0, 0.1) is 0 Å². The Morgan fingerprint density at radius 3 is 0.676 bits per heavy atom. The molecule has 0 saturated heterocycles. The summed E-state index contributed by atoms with van der Waals surface area (Å²) in [5, 5.41) is 25.2. The molecule has 0 aliphatic carbocycles. The van der Waals surface area contributed by atoms with E-state index in [0.29, 0.717) is 0 Å². The van der Waals surface area contributed by atoms with Crippen LogP contribution in [0.3, 0.4) is 0 Å². The average Bonchev–Trinajstić information content (AvgIpc) is 2.88. The van der Waals surface area contributed by atoms with E-state index in [2.05, 4.69) is 151 Å². The van der Waals surface area contributed by atoms with Gasteiger partial charge in [-0.05, 0) is 60.8 Å². The molecule has 0 aromatic rings. The summed E-state index contributed by atoms with van der Waals surface area (Å²) < 4.78 is 6.21. The van der Waals surface area contributed by atoms with Crippen LogP contribution in [0.4, 0.5) is 0 Å².